The van der Waals surface area contributed by atoms with Crippen LogP contribution in [0, 0.1) is 0 Å². The molecule has 0 aliphatic carbocycles. The number of ether oxygens (including phenoxy) is 1. The average molecular weight is 233 g/mol. The van der Waals surface area contributed by atoms with Gasteiger partial charge in [0.1, 0.15) is 5.75 Å². The molecule has 0 amide bonds. The van der Waals surface area contributed by atoms with Gasteiger partial charge in [0.05, 0.1) is 13.3 Å². The monoisotopic (exact) mass is 233 g/mol. The van der Waals surface area contributed by atoms with Gasteiger partial charge in [0.15, 0.2) is 11.7 Å². The van der Waals surface area contributed by atoms with Crippen LogP contribution in [0.15, 0.2) is 34.9 Å². The van der Waals surface area contributed by atoms with E-state index in [0.29, 0.717) is 18.7 Å². The summed E-state index contributed by atoms with van der Waals surface area (Å²) in [6.45, 7) is 0.150. The molecule has 2 aromatic rings. The first kappa shape index (κ1) is 11.7. The molecule has 0 saturated carbocycles. The van der Waals surface area contributed by atoms with Crippen LogP contribution in [0.2, 0.25) is 0 Å². The van der Waals surface area contributed by atoms with E-state index in [9.17, 15) is 0 Å². The molecule has 0 atom stereocenters. The van der Waals surface area contributed by atoms with Crippen LogP contribution in [-0.2, 0) is 6.42 Å². The lowest BCUT2D eigenvalue weighted by Gasteiger charge is -2.01. The van der Waals surface area contributed by atoms with Gasteiger partial charge in [0.2, 0.25) is 0 Å². The summed E-state index contributed by atoms with van der Waals surface area (Å²) in [5.41, 5.74) is 0.937. The van der Waals surface area contributed by atoms with E-state index in [1.54, 1.807) is 13.3 Å². The Morgan fingerprint density at radius 1 is 1.41 bits per heavy atom. The zero-order valence-corrected chi connectivity index (χ0v) is 9.72. The van der Waals surface area contributed by atoms with Crippen LogP contribution in [0.1, 0.15) is 12.3 Å². The molecule has 1 N–H and O–H groups in total. The van der Waals surface area contributed by atoms with Crippen molar-refractivity contribution in [1.29, 1.82) is 0 Å². The van der Waals surface area contributed by atoms with Gasteiger partial charge in [0, 0.05) is 18.6 Å². The maximum absolute atomic E-state index is 8.73. The van der Waals surface area contributed by atoms with Gasteiger partial charge < -0.3 is 14.3 Å². The van der Waals surface area contributed by atoms with Crippen molar-refractivity contribution < 1.29 is 14.3 Å². The van der Waals surface area contributed by atoms with Crippen molar-refractivity contribution in [3.05, 3.63) is 36.4 Å². The van der Waals surface area contributed by atoms with E-state index in [0.717, 1.165) is 17.1 Å². The fourth-order valence-electron chi connectivity index (χ4n) is 1.57. The molecule has 1 aromatic carbocycles. The van der Waals surface area contributed by atoms with Crippen LogP contribution in [0.3, 0.4) is 0 Å². The summed E-state index contributed by atoms with van der Waals surface area (Å²) in [6.07, 6.45) is 3.01. The number of rotatable bonds is 5. The summed E-state index contributed by atoms with van der Waals surface area (Å²) in [5.74, 6) is 2.16. The average Bonchev–Trinajstić information content (AvgIpc) is 2.85. The normalized spacial score (nSPS) is 10.5. The highest BCUT2D eigenvalue weighted by Gasteiger charge is 2.06. The third kappa shape index (κ3) is 2.85. The van der Waals surface area contributed by atoms with Crippen molar-refractivity contribution >= 4 is 0 Å². The van der Waals surface area contributed by atoms with Gasteiger partial charge in [-0.25, -0.2) is 4.98 Å². The number of aromatic nitrogens is 1. The summed E-state index contributed by atoms with van der Waals surface area (Å²) >= 11 is 0. The van der Waals surface area contributed by atoms with E-state index < -0.39 is 0 Å². The predicted octanol–water partition coefficient (Wildman–Crippen LogP) is 2.28. The highest BCUT2D eigenvalue weighted by molar-refractivity contribution is 5.58. The second-order valence-corrected chi connectivity index (χ2v) is 3.68. The van der Waals surface area contributed by atoms with Crippen LogP contribution in [-0.4, -0.2) is 23.8 Å². The second-order valence-electron chi connectivity index (χ2n) is 3.68. The Morgan fingerprint density at radius 2 is 2.29 bits per heavy atom. The predicted molar refractivity (Wildman–Crippen MR) is 63.9 cm³/mol. The Hall–Kier alpha value is -1.81. The van der Waals surface area contributed by atoms with Crippen LogP contribution in [0.5, 0.6) is 5.75 Å². The minimum Gasteiger partial charge on any atom is -0.497 e. The number of oxazole rings is 1. The Kier molecular flexibility index (Phi) is 3.77. The van der Waals surface area contributed by atoms with Gasteiger partial charge in [-0.2, -0.15) is 0 Å². The number of aliphatic hydroxyl groups excluding tert-OH is 1. The molecule has 90 valence electrons. The van der Waals surface area contributed by atoms with Gasteiger partial charge in [-0.3, -0.25) is 0 Å². The Morgan fingerprint density at radius 3 is 3.06 bits per heavy atom. The van der Waals surface area contributed by atoms with Crippen LogP contribution >= 0.6 is 0 Å². The van der Waals surface area contributed by atoms with Crippen LogP contribution in [0.25, 0.3) is 11.3 Å². The highest BCUT2D eigenvalue weighted by Crippen LogP contribution is 2.24. The summed E-state index contributed by atoms with van der Waals surface area (Å²) in [5, 5.41) is 8.73. The molecule has 0 spiro atoms. The van der Waals surface area contributed by atoms with Crippen molar-refractivity contribution in [2.24, 2.45) is 0 Å². The lowest BCUT2D eigenvalue weighted by molar-refractivity contribution is 0.283. The van der Waals surface area contributed by atoms with E-state index in [-0.39, 0.29) is 6.61 Å². The van der Waals surface area contributed by atoms with Crippen molar-refractivity contribution in [3.8, 4) is 17.1 Å². The zero-order chi connectivity index (χ0) is 12.1. The fraction of sp³-hybridized carbons (Fsp3) is 0.308. The van der Waals surface area contributed by atoms with E-state index in [1.807, 2.05) is 24.3 Å². The smallest absolute Gasteiger partial charge is 0.194 e. The number of aliphatic hydroxyl groups is 1. The minimum absolute atomic E-state index is 0.150. The lowest BCUT2D eigenvalue weighted by Crippen LogP contribution is -1.88. The summed E-state index contributed by atoms with van der Waals surface area (Å²) in [7, 11) is 1.63. The Bertz CT molecular complexity index is 479. The molecule has 1 aromatic heterocycles. The third-order valence-electron chi connectivity index (χ3n) is 2.46. The van der Waals surface area contributed by atoms with E-state index in [1.165, 1.54) is 0 Å². The van der Waals surface area contributed by atoms with Gasteiger partial charge in [-0.15, -0.1) is 0 Å². The maximum Gasteiger partial charge on any atom is 0.194 e. The standard InChI is InChI=1S/C13H15NO3/c1-16-11-5-2-4-10(8-11)12-9-14-13(17-12)6-3-7-15/h2,4-5,8-9,15H,3,6-7H2,1H3. The molecule has 17 heavy (non-hydrogen) atoms. The summed E-state index contributed by atoms with van der Waals surface area (Å²) < 4.78 is 10.7. The van der Waals surface area contributed by atoms with Gasteiger partial charge in [-0.1, -0.05) is 12.1 Å². The lowest BCUT2D eigenvalue weighted by atomic mass is 10.2. The first-order valence-electron chi connectivity index (χ1n) is 5.53. The highest BCUT2D eigenvalue weighted by atomic mass is 16.5. The van der Waals surface area contributed by atoms with Crippen molar-refractivity contribution in [2.45, 2.75) is 12.8 Å². The second kappa shape index (κ2) is 5.50. The number of aryl methyl sites for hydroxylation is 1. The third-order valence-corrected chi connectivity index (χ3v) is 2.46. The molecule has 0 aliphatic rings. The van der Waals surface area contributed by atoms with Gasteiger partial charge >= 0.3 is 0 Å². The molecule has 1 heterocycles. The number of methoxy groups -OCH3 is 1. The fourth-order valence-corrected chi connectivity index (χ4v) is 1.57. The van der Waals surface area contributed by atoms with Gasteiger partial charge in [0.25, 0.3) is 0 Å². The quantitative estimate of drug-likeness (QED) is 0.860. The van der Waals surface area contributed by atoms with E-state index in [4.69, 9.17) is 14.3 Å². The molecule has 0 aliphatic heterocycles. The molecule has 4 heteroatoms. The van der Waals surface area contributed by atoms with Crippen molar-refractivity contribution in [2.75, 3.05) is 13.7 Å². The van der Waals surface area contributed by atoms with Crippen molar-refractivity contribution in [3.63, 3.8) is 0 Å². The molecular formula is C13H15NO3. The molecule has 4 nitrogen and oxygen atoms in total. The molecule has 0 saturated heterocycles. The Labute approximate surface area is 99.9 Å². The zero-order valence-electron chi connectivity index (χ0n) is 9.72. The van der Waals surface area contributed by atoms with E-state index in [2.05, 4.69) is 4.98 Å². The topological polar surface area (TPSA) is 55.5 Å². The first-order chi connectivity index (χ1) is 8.33. The largest absolute Gasteiger partial charge is 0.497 e. The van der Waals surface area contributed by atoms with Crippen LogP contribution < -0.4 is 4.74 Å². The van der Waals surface area contributed by atoms with Crippen molar-refractivity contribution in [1.82, 2.24) is 4.98 Å². The molecular weight excluding hydrogens is 218 g/mol. The van der Waals surface area contributed by atoms with E-state index >= 15 is 0 Å². The first-order valence-corrected chi connectivity index (χ1v) is 5.53. The number of benzene rings is 1. The summed E-state index contributed by atoms with van der Waals surface area (Å²) in [4.78, 5) is 4.17. The molecule has 0 radical (unpaired) electrons. The van der Waals surface area contributed by atoms with Crippen LogP contribution in [0.4, 0.5) is 0 Å². The summed E-state index contributed by atoms with van der Waals surface area (Å²) in [6, 6.07) is 7.63. The minimum atomic E-state index is 0.150. The maximum atomic E-state index is 8.73. The SMILES string of the molecule is COc1cccc(-c2cnc(CCCO)o2)c1. The molecule has 0 bridgehead atoms. The van der Waals surface area contributed by atoms with Gasteiger partial charge in [-0.05, 0) is 18.6 Å². The molecule has 0 fully saturated rings. The Balaban J connectivity index is 2.18. The molecule has 2 rings (SSSR count). The number of hydrogen-bond acceptors (Lipinski definition) is 4. The molecule has 0 unspecified atom stereocenters. The number of nitrogens with zero attached hydrogens (tertiary/aromatic N) is 1. The number of hydrogen-bond donors (Lipinski definition) is 1.